The van der Waals surface area contributed by atoms with Crippen molar-refractivity contribution in [2.24, 2.45) is 5.92 Å². The Morgan fingerprint density at radius 2 is 2.12 bits per heavy atom. The van der Waals surface area contributed by atoms with Crippen LogP contribution in [0.15, 0.2) is 12.1 Å². The summed E-state index contributed by atoms with van der Waals surface area (Å²) >= 11 is 5.68. The first-order chi connectivity index (χ1) is 8.24. The third-order valence-corrected chi connectivity index (χ3v) is 3.53. The van der Waals surface area contributed by atoms with Crippen LogP contribution < -0.4 is 5.32 Å². The molecule has 0 amide bonds. The Morgan fingerprint density at radius 3 is 2.76 bits per heavy atom. The summed E-state index contributed by atoms with van der Waals surface area (Å²) in [6.45, 7) is 3.42. The summed E-state index contributed by atoms with van der Waals surface area (Å²) in [4.78, 5) is 2.40. The number of rotatable bonds is 4. The average molecular weight is 255 g/mol. The Kier molecular flexibility index (Phi) is 4.57. The van der Waals surface area contributed by atoms with Crippen LogP contribution in [0.25, 0.3) is 0 Å². The lowest BCUT2D eigenvalue weighted by molar-refractivity contribution is 0.215. The highest BCUT2D eigenvalue weighted by Crippen LogP contribution is 2.19. The van der Waals surface area contributed by atoms with Gasteiger partial charge in [-0.15, -0.1) is 10.2 Å². The molecule has 0 bridgehead atoms. The van der Waals surface area contributed by atoms with Crippen LogP contribution in [0.3, 0.4) is 0 Å². The van der Waals surface area contributed by atoms with Crippen molar-refractivity contribution >= 4 is 17.4 Å². The molecule has 1 aliphatic heterocycles. The number of anilines is 1. The number of aromatic nitrogens is 2. The zero-order valence-electron chi connectivity index (χ0n) is 10.2. The van der Waals surface area contributed by atoms with Gasteiger partial charge in [0.25, 0.3) is 0 Å². The fourth-order valence-electron chi connectivity index (χ4n) is 2.17. The summed E-state index contributed by atoms with van der Waals surface area (Å²) in [5, 5.41) is 11.5. The lowest BCUT2D eigenvalue weighted by atomic mass is 9.94. The molecule has 1 N–H and O–H groups in total. The van der Waals surface area contributed by atoms with Gasteiger partial charge in [-0.3, -0.25) is 0 Å². The zero-order valence-corrected chi connectivity index (χ0v) is 11.0. The van der Waals surface area contributed by atoms with Gasteiger partial charge in [-0.1, -0.05) is 11.6 Å². The van der Waals surface area contributed by atoms with Gasteiger partial charge in [0, 0.05) is 6.54 Å². The molecule has 0 radical (unpaired) electrons. The third kappa shape index (κ3) is 4.13. The minimum atomic E-state index is 0.436. The van der Waals surface area contributed by atoms with Crippen LogP contribution in [0.5, 0.6) is 0 Å². The lowest BCUT2D eigenvalue weighted by Crippen LogP contribution is -2.30. The highest BCUT2D eigenvalue weighted by molar-refractivity contribution is 6.29. The molecule has 2 heterocycles. The molecule has 5 heteroatoms. The fraction of sp³-hybridized carbons (Fsp3) is 0.667. The van der Waals surface area contributed by atoms with Crippen LogP contribution in [0.2, 0.25) is 5.15 Å². The van der Waals surface area contributed by atoms with Gasteiger partial charge in [-0.25, -0.2) is 0 Å². The van der Waals surface area contributed by atoms with Gasteiger partial charge in [0.15, 0.2) is 5.15 Å². The number of piperidine rings is 1. The highest BCUT2D eigenvalue weighted by atomic mass is 35.5. The van der Waals surface area contributed by atoms with E-state index >= 15 is 0 Å². The van der Waals surface area contributed by atoms with Crippen LogP contribution in [-0.2, 0) is 0 Å². The minimum Gasteiger partial charge on any atom is -0.369 e. The van der Waals surface area contributed by atoms with Crippen LogP contribution in [0, 0.1) is 5.92 Å². The first-order valence-corrected chi connectivity index (χ1v) is 6.53. The molecule has 4 nitrogen and oxygen atoms in total. The molecule has 0 spiro atoms. The second-order valence-electron chi connectivity index (χ2n) is 4.70. The minimum absolute atomic E-state index is 0.436. The molecule has 1 aliphatic rings. The predicted octanol–water partition coefficient (Wildman–Crippen LogP) is 2.27. The Hall–Kier alpha value is -0.870. The van der Waals surface area contributed by atoms with Crippen LogP contribution >= 0.6 is 11.6 Å². The second-order valence-corrected chi connectivity index (χ2v) is 5.09. The van der Waals surface area contributed by atoms with E-state index in [0.29, 0.717) is 5.15 Å². The smallest absolute Gasteiger partial charge is 0.151 e. The molecule has 0 aromatic carbocycles. The zero-order chi connectivity index (χ0) is 12.1. The fourth-order valence-corrected chi connectivity index (χ4v) is 2.27. The Bertz CT molecular complexity index is 333. The van der Waals surface area contributed by atoms with Crippen molar-refractivity contribution in [3.63, 3.8) is 0 Å². The molecule has 0 unspecified atom stereocenters. The third-order valence-electron chi connectivity index (χ3n) is 3.33. The van der Waals surface area contributed by atoms with Gasteiger partial charge >= 0.3 is 0 Å². The second kappa shape index (κ2) is 6.17. The van der Waals surface area contributed by atoms with Gasteiger partial charge in [-0.05, 0) is 57.5 Å². The molecule has 0 aliphatic carbocycles. The summed E-state index contributed by atoms with van der Waals surface area (Å²) in [6.07, 6.45) is 3.83. The monoisotopic (exact) mass is 254 g/mol. The van der Waals surface area contributed by atoms with Crippen molar-refractivity contribution in [3.8, 4) is 0 Å². The van der Waals surface area contributed by atoms with E-state index in [4.69, 9.17) is 11.6 Å². The van der Waals surface area contributed by atoms with Crippen LogP contribution in [-0.4, -0.2) is 41.8 Å². The molecular formula is C12H19ClN4. The first kappa shape index (κ1) is 12.6. The Morgan fingerprint density at radius 1 is 1.35 bits per heavy atom. The number of nitrogens with zero attached hydrogens (tertiary/aromatic N) is 3. The van der Waals surface area contributed by atoms with E-state index in [0.717, 1.165) is 18.3 Å². The van der Waals surface area contributed by atoms with Crippen molar-refractivity contribution < 1.29 is 0 Å². The number of likely N-dealkylation sites (tertiary alicyclic amines) is 1. The maximum absolute atomic E-state index is 5.68. The van der Waals surface area contributed by atoms with E-state index in [1.165, 1.54) is 32.4 Å². The summed E-state index contributed by atoms with van der Waals surface area (Å²) in [6, 6.07) is 3.62. The van der Waals surface area contributed by atoms with Crippen molar-refractivity contribution in [2.45, 2.75) is 19.3 Å². The summed E-state index contributed by atoms with van der Waals surface area (Å²) in [5.74, 6) is 1.65. The molecule has 1 aromatic heterocycles. The van der Waals surface area contributed by atoms with Crippen molar-refractivity contribution in [1.82, 2.24) is 15.1 Å². The van der Waals surface area contributed by atoms with Gasteiger partial charge in [-0.2, -0.15) is 0 Å². The van der Waals surface area contributed by atoms with Crippen molar-refractivity contribution in [2.75, 3.05) is 32.0 Å². The standard InChI is InChI=1S/C12H19ClN4/c1-17-8-5-10(6-9-17)4-7-14-12-3-2-11(13)15-16-12/h2-3,10H,4-9H2,1H3,(H,14,16). The van der Waals surface area contributed by atoms with Crippen LogP contribution in [0.1, 0.15) is 19.3 Å². The van der Waals surface area contributed by atoms with E-state index in [2.05, 4.69) is 27.5 Å². The van der Waals surface area contributed by atoms with Gasteiger partial charge in [0.05, 0.1) is 0 Å². The summed E-state index contributed by atoms with van der Waals surface area (Å²) in [5.41, 5.74) is 0. The number of hydrogen-bond donors (Lipinski definition) is 1. The average Bonchev–Trinajstić information content (AvgIpc) is 2.34. The molecule has 0 atom stereocenters. The maximum atomic E-state index is 5.68. The molecule has 1 fully saturated rings. The summed E-state index contributed by atoms with van der Waals surface area (Å²) in [7, 11) is 2.19. The van der Waals surface area contributed by atoms with E-state index in [1.54, 1.807) is 6.07 Å². The molecule has 94 valence electrons. The largest absolute Gasteiger partial charge is 0.369 e. The molecule has 1 saturated heterocycles. The van der Waals surface area contributed by atoms with Gasteiger partial charge in [0.2, 0.25) is 0 Å². The predicted molar refractivity (Wildman–Crippen MR) is 70.4 cm³/mol. The SMILES string of the molecule is CN1CCC(CCNc2ccc(Cl)nn2)CC1. The molecule has 2 rings (SSSR count). The number of hydrogen-bond acceptors (Lipinski definition) is 4. The normalized spacial score (nSPS) is 18.2. The van der Waals surface area contributed by atoms with Crippen molar-refractivity contribution in [1.29, 1.82) is 0 Å². The molecule has 17 heavy (non-hydrogen) atoms. The summed E-state index contributed by atoms with van der Waals surface area (Å²) < 4.78 is 0. The molecular weight excluding hydrogens is 236 g/mol. The van der Waals surface area contributed by atoms with Gasteiger partial charge < -0.3 is 10.2 Å². The first-order valence-electron chi connectivity index (χ1n) is 6.15. The van der Waals surface area contributed by atoms with Crippen molar-refractivity contribution in [3.05, 3.63) is 17.3 Å². The van der Waals surface area contributed by atoms with E-state index in [-0.39, 0.29) is 0 Å². The van der Waals surface area contributed by atoms with Gasteiger partial charge in [0.1, 0.15) is 5.82 Å². The van der Waals surface area contributed by atoms with Crippen LogP contribution in [0.4, 0.5) is 5.82 Å². The number of halogens is 1. The van der Waals surface area contributed by atoms with E-state index < -0.39 is 0 Å². The Labute approximate surface area is 107 Å². The molecule has 0 saturated carbocycles. The number of nitrogens with one attached hydrogen (secondary N) is 1. The topological polar surface area (TPSA) is 41.0 Å². The van der Waals surface area contributed by atoms with E-state index in [1.807, 2.05) is 6.07 Å². The lowest BCUT2D eigenvalue weighted by Gasteiger charge is -2.28. The maximum Gasteiger partial charge on any atom is 0.151 e. The quantitative estimate of drug-likeness (QED) is 0.895. The Balaban J connectivity index is 1.67. The highest BCUT2D eigenvalue weighted by Gasteiger charge is 2.15. The van der Waals surface area contributed by atoms with E-state index in [9.17, 15) is 0 Å². The molecule has 1 aromatic rings.